The molecule has 0 saturated carbocycles. The highest BCUT2D eigenvalue weighted by atomic mass is 35.5. The summed E-state index contributed by atoms with van der Waals surface area (Å²) in [6.45, 7) is 1.86. The summed E-state index contributed by atoms with van der Waals surface area (Å²) in [6.07, 6.45) is 1.69. The van der Waals surface area contributed by atoms with Gasteiger partial charge in [0.05, 0.1) is 14.2 Å². The fourth-order valence-corrected chi connectivity index (χ4v) is 1.63. The van der Waals surface area contributed by atoms with E-state index in [0.717, 1.165) is 11.1 Å². The molecule has 1 heterocycles. The van der Waals surface area contributed by atoms with E-state index in [9.17, 15) is 0 Å². The summed E-state index contributed by atoms with van der Waals surface area (Å²) in [7, 11) is 3.20. The van der Waals surface area contributed by atoms with Gasteiger partial charge in [0.2, 0.25) is 0 Å². The van der Waals surface area contributed by atoms with E-state index in [1.165, 1.54) is 0 Å². The molecular weight excluding hydrogens is 252 g/mol. The molecule has 0 amide bonds. The zero-order chi connectivity index (χ0) is 13.1. The molecule has 0 fully saturated rings. The molecule has 0 saturated heterocycles. The third-order valence-electron chi connectivity index (χ3n) is 2.52. The van der Waals surface area contributed by atoms with Crippen molar-refractivity contribution in [1.29, 1.82) is 0 Å². The molecule has 4 nitrogen and oxygen atoms in total. The van der Waals surface area contributed by atoms with Crippen LogP contribution in [0.4, 0.5) is 0 Å². The van der Waals surface area contributed by atoms with Crippen molar-refractivity contribution in [1.82, 2.24) is 9.97 Å². The summed E-state index contributed by atoms with van der Waals surface area (Å²) in [5, 5.41) is 0.446. The van der Waals surface area contributed by atoms with Crippen LogP contribution in [0.25, 0.3) is 11.4 Å². The number of halogens is 1. The Bertz CT molecular complexity index is 551. The standard InChI is InChI=1S/C13H13ClN2O2/c1-8-7-15-13(16-12(8)14)9-4-10(17-2)6-11(5-9)18-3/h4-7H,1-3H3. The Morgan fingerprint density at radius 3 is 2.17 bits per heavy atom. The minimum atomic E-state index is 0.446. The Labute approximate surface area is 111 Å². The lowest BCUT2D eigenvalue weighted by Crippen LogP contribution is -1.94. The highest BCUT2D eigenvalue weighted by Gasteiger charge is 2.08. The van der Waals surface area contributed by atoms with E-state index in [2.05, 4.69) is 9.97 Å². The lowest BCUT2D eigenvalue weighted by Gasteiger charge is -2.08. The van der Waals surface area contributed by atoms with Gasteiger partial charge in [-0.2, -0.15) is 0 Å². The van der Waals surface area contributed by atoms with Gasteiger partial charge in [-0.1, -0.05) is 11.6 Å². The summed E-state index contributed by atoms with van der Waals surface area (Å²) in [4.78, 5) is 8.49. The average Bonchev–Trinajstić information content (AvgIpc) is 2.41. The van der Waals surface area contributed by atoms with Crippen molar-refractivity contribution in [3.63, 3.8) is 0 Å². The van der Waals surface area contributed by atoms with Crippen LogP contribution in [0, 0.1) is 6.92 Å². The second-order valence-corrected chi connectivity index (χ2v) is 4.13. The molecule has 0 bridgehead atoms. The van der Waals surface area contributed by atoms with Crippen LogP contribution in [0.3, 0.4) is 0 Å². The van der Waals surface area contributed by atoms with Gasteiger partial charge in [0, 0.05) is 23.4 Å². The van der Waals surface area contributed by atoms with Gasteiger partial charge in [-0.25, -0.2) is 9.97 Å². The van der Waals surface area contributed by atoms with E-state index in [-0.39, 0.29) is 0 Å². The molecule has 0 aliphatic heterocycles. The number of aryl methyl sites for hydroxylation is 1. The number of nitrogens with zero attached hydrogens (tertiary/aromatic N) is 2. The molecule has 2 rings (SSSR count). The molecule has 94 valence electrons. The molecule has 0 aliphatic carbocycles. The Hall–Kier alpha value is -1.81. The molecule has 1 aromatic heterocycles. The maximum absolute atomic E-state index is 6.00. The number of methoxy groups -OCH3 is 2. The summed E-state index contributed by atoms with van der Waals surface area (Å²) >= 11 is 6.00. The van der Waals surface area contributed by atoms with Crippen LogP contribution in [0.5, 0.6) is 11.5 Å². The van der Waals surface area contributed by atoms with Crippen LogP contribution in [0.1, 0.15) is 5.56 Å². The molecule has 0 unspecified atom stereocenters. The van der Waals surface area contributed by atoms with Crippen molar-refractivity contribution in [3.8, 4) is 22.9 Å². The van der Waals surface area contributed by atoms with E-state index in [1.54, 1.807) is 26.5 Å². The third kappa shape index (κ3) is 2.54. The fraction of sp³-hybridized carbons (Fsp3) is 0.231. The van der Waals surface area contributed by atoms with Gasteiger partial charge in [0.15, 0.2) is 5.82 Å². The first kappa shape index (κ1) is 12.6. The molecule has 0 spiro atoms. The van der Waals surface area contributed by atoms with Crippen LogP contribution in [-0.4, -0.2) is 24.2 Å². The first-order valence-electron chi connectivity index (χ1n) is 5.36. The van der Waals surface area contributed by atoms with Crippen LogP contribution in [-0.2, 0) is 0 Å². The highest BCUT2D eigenvalue weighted by molar-refractivity contribution is 6.30. The largest absolute Gasteiger partial charge is 0.497 e. The van der Waals surface area contributed by atoms with Crippen molar-refractivity contribution in [3.05, 3.63) is 35.1 Å². The second kappa shape index (κ2) is 5.23. The van der Waals surface area contributed by atoms with E-state index in [4.69, 9.17) is 21.1 Å². The molecule has 0 N–H and O–H groups in total. The lowest BCUT2D eigenvalue weighted by molar-refractivity contribution is 0.394. The van der Waals surface area contributed by atoms with Gasteiger partial charge in [-0.05, 0) is 19.1 Å². The lowest BCUT2D eigenvalue weighted by atomic mass is 10.2. The van der Waals surface area contributed by atoms with Gasteiger partial charge in [0.1, 0.15) is 16.7 Å². The Morgan fingerprint density at radius 1 is 1.06 bits per heavy atom. The van der Waals surface area contributed by atoms with Crippen molar-refractivity contribution in [2.24, 2.45) is 0 Å². The Kier molecular flexibility index (Phi) is 3.67. The summed E-state index contributed by atoms with van der Waals surface area (Å²) in [5.74, 6) is 1.91. The first-order chi connectivity index (χ1) is 8.63. The number of ether oxygens (including phenoxy) is 2. The van der Waals surface area contributed by atoms with Gasteiger partial charge in [-0.15, -0.1) is 0 Å². The molecule has 18 heavy (non-hydrogen) atoms. The topological polar surface area (TPSA) is 44.2 Å². The maximum Gasteiger partial charge on any atom is 0.161 e. The molecular formula is C13H13ClN2O2. The van der Waals surface area contributed by atoms with Crippen molar-refractivity contribution in [2.45, 2.75) is 6.92 Å². The van der Waals surface area contributed by atoms with Crippen LogP contribution < -0.4 is 9.47 Å². The van der Waals surface area contributed by atoms with Crippen molar-refractivity contribution in [2.75, 3.05) is 14.2 Å². The van der Waals surface area contributed by atoms with Crippen molar-refractivity contribution < 1.29 is 9.47 Å². The van der Waals surface area contributed by atoms with E-state index >= 15 is 0 Å². The van der Waals surface area contributed by atoms with Crippen LogP contribution in [0.15, 0.2) is 24.4 Å². The van der Waals surface area contributed by atoms with Crippen LogP contribution >= 0.6 is 11.6 Å². The average molecular weight is 265 g/mol. The zero-order valence-electron chi connectivity index (χ0n) is 10.4. The predicted octanol–water partition coefficient (Wildman–Crippen LogP) is 3.12. The van der Waals surface area contributed by atoms with Gasteiger partial charge < -0.3 is 9.47 Å². The second-order valence-electron chi connectivity index (χ2n) is 3.77. The minimum Gasteiger partial charge on any atom is -0.497 e. The Morgan fingerprint density at radius 2 is 1.67 bits per heavy atom. The molecule has 2 aromatic rings. The molecule has 1 aromatic carbocycles. The minimum absolute atomic E-state index is 0.446. The number of hydrogen-bond donors (Lipinski definition) is 0. The van der Waals surface area contributed by atoms with Gasteiger partial charge in [-0.3, -0.25) is 0 Å². The zero-order valence-corrected chi connectivity index (χ0v) is 11.2. The normalized spacial score (nSPS) is 10.2. The van der Waals surface area contributed by atoms with Gasteiger partial charge >= 0.3 is 0 Å². The SMILES string of the molecule is COc1cc(OC)cc(-c2ncc(C)c(Cl)n2)c1. The predicted molar refractivity (Wildman–Crippen MR) is 70.3 cm³/mol. The smallest absolute Gasteiger partial charge is 0.161 e. The van der Waals surface area contributed by atoms with Gasteiger partial charge in [0.25, 0.3) is 0 Å². The summed E-state index contributed by atoms with van der Waals surface area (Å²) in [6, 6.07) is 5.46. The van der Waals surface area contributed by atoms with E-state index < -0.39 is 0 Å². The van der Waals surface area contributed by atoms with E-state index in [0.29, 0.717) is 22.5 Å². The third-order valence-corrected chi connectivity index (χ3v) is 2.90. The number of aromatic nitrogens is 2. The van der Waals surface area contributed by atoms with Crippen molar-refractivity contribution >= 4 is 11.6 Å². The quantitative estimate of drug-likeness (QED) is 0.799. The number of rotatable bonds is 3. The first-order valence-corrected chi connectivity index (χ1v) is 5.74. The summed E-state index contributed by atoms with van der Waals surface area (Å²) in [5.41, 5.74) is 1.64. The molecule has 0 atom stereocenters. The maximum atomic E-state index is 6.00. The van der Waals surface area contributed by atoms with Crippen LogP contribution in [0.2, 0.25) is 5.15 Å². The molecule has 5 heteroatoms. The highest BCUT2D eigenvalue weighted by Crippen LogP contribution is 2.28. The fourth-order valence-electron chi connectivity index (χ4n) is 1.50. The summed E-state index contributed by atoms with van der Waals surface area (Å²) < 4.78 is 10.4. The molecule has 0 aliphatic rings. The Balaban J connectivity index is 2.51. The molecule has 0 radical (unpaired) electrons. The number of benzene rings is 1. The number of hydrogen-bond acceptors (Lipinski definition) is 4. The van der Waals surface area contributed by atoms with E-state index in [1.807, 2.05) is 19.1 Å². The monoisotopic (exact) mass is 264 g/mol.